The van der Waals surface area contributed by atoms with E-state index in [0.29, 0.717) is 6.54 Å². The number of carbonyl (C=O) groups excluding carboxylic acids is 2. The number of hydrogen-bond acceptors (Lipinski definition) is 2. The van der Waals surface area contributed by atoms with Crippen molar-refractivity contribution in [3.63, 3.8) is 0 Å². The maximum Gasteiger partial charge on any atom is 0.229 e. The number of nitrogens with one attached hydrogen (secondary N) is 1. The van der Waals surface area contributed by atoms with Gasteiger partial charge in [0.15, 0.2) is 0 Å². The van der Waals surface area contributed by atoms with Crippen LogP contribution in [-0.4, -0.2) is 18.4 Å². The number of carbonyl (C=O) groups is 2. The molecule has 1 fully saturated rings. The number of nitrogens with zero attached hydrogens (tertiary/aromatic N) is 1. The Morgan fingerprint density at radius 3 is 2.63 bits per heavy atom. The molecule has 4 nitrogen and oxygen atoms in total. The van der Waals surface area contributed by atoms with Gasteiger partial charge in [-0.05, 0) is 29.5 Å². The minimum absolute atomic E-state index is 0.00831. The third kappa shape index (κ3) is 3.31. The fraction of sp³-hybridized carbons (Fsp3) is 0.217. The van der Waals surface area contributed by atoms with Crippen LogP contribution in [0.15, 0.2) is 66.7 Å². The zero-order valence-corrected chi connectivity index (χ0v) is 15.3. The molecule has 0 bridgehead atoms. The predicted molar refractivity (Wildman–Crippen MR) is 109 cm³/mol. The van der Waals surface area contributed by atoms with E-state index in [-0.39, 0.29) is 24.2 Å². The lowest BCUT2D eigenvalue weighted by molar-refractivity contribution is -0.122. The standard InChI is InChI=1S/C23H22N2O2/c1-2-16-8-4-6-13-21(16)25-15-18(14-22(25)26)23(27)24-20-12-7-10-17-9-3-5-11-19(17)20/h3-13,18H,2,14-15H2,1H3,(H,24,27)/t18-/m1/s1. The van der Waals surface area contributed by atoms with Crippen molar-refractivity contribution >= 4 is 34.0 Å². The molecule has 0 radical (unpaired) electrons. The first-order valence-electron chi connectivity index (χ1n) is 9.34. The van der Waals surface area contributed by atoms with E-state index in [0.717, 1.165) is 34.1 Å². The average Bonchev–Trinajstić information content (AvgIpc) is 3.10. The van der Waals surface area contributed by atoms with Crippen LogP contribution < -0.4 is 10.2 Å². The molecule has 3 aromatic rings. The highest BCUT2D eigenvalue weighted by atomic mass is 16.2. The zero-order valence-electron chi connectivity index (χ0n) is 15.3. The van der Waals surface area contributed by atoms with Gasteiger partial charge >= 0.3 is 0 Å². The Balaban J connectivity index is 1.54. The van der Waals surface area contributed by atoms with Crippen LogP contribution in [-0.2, 0) is 16.0 Å². The van der Waals surface area contributed by atoms with Gasteiger partial charge in [0.25, 0.3) is 0 Å². The molecule has 0 saturated carbocycles. The Hall–Kier alpha value is -3.14. The molecule has 3 aromatic carbocycles. The molecule has 4 rings (SSSR count). The number of hydrogen-bond donors (Lipinski definition) is 1. The van der Waals surface area contributed by atoms with E-state index in [4.69, 9.17) is 0 Å². The van der Waals surface area contributed by atoms with Crippen LogP contribution >= 0.6 is 0 Å². The molecular formula is C23H22N2O2. The maximum absolute atomic E-state index is 12.8. The first-order valence-corrected chi connectivity index (χ1v) is 9.34. The van der Waals surface area contributed by atoms with Crippen LogP contribution in [0.25, 0.3) is 10.8 Å². The van der Waals surface area contributed by atoms with Gasteiger partial charge in [-0.2, -0.15) is 0 Å². The van der Waals surface area contributed by atoms with E-state index in [2.05, 4.69) is 12.2 Å². The normalized spacial score (nSPS) is 16.7. The molecule has 1 saturated heterocycles. The Labute approximate surface area is 158 Å². The summed E-state index contributed by atoms with van der Waals surface area (Å²) in [5, 5.41) is 5.12. The summed E-state index contributed by atoms with van der Waals surface area (Å²) in [6.07, 6.45) is 1.10. The predicted octanol–water partition coefficient (Wildman–Crippen LogP) is 4.39. The lowest BCUT2D eigenvalue weighted by atomic mass is 10.1. The summed E-state index contributed by atoms with van der Waals surface area (Å²) >= 11 is 0. The highest BCUT2D eigenvalue weighted by Crippen LogP contribution is 2.30. The molecule has 1 aliphatic rings. The molecule has 0 aliphatic carbocycles. The van der Waals surface area contributed by atoms with Crippen molar-refractivity contribution < 1.29 is 9.59 Å². The van der Waals surface area contributed by atoms with Crippen LogP contribution in [0.2, 0.25) is 0 Å². The maximum atomic E-state index is 12.8. The van der Waals surface area contributed by atoms with E-state index in [9.17, 15) is 9.59 Å². The SMILES string of the molecule is CCc1ccccc1N1C[C@H](C(=O)Nc2cccc3ccccc23)CC1=O. The van der Waals surface area contributed by atoms with Crippen LogP contribution in [0.4, 0.5) is 11.4 Å². The number of para-hydroxylation sites is 1. The van der Waals surface area contributed by atoms with Gasteiger partial charge in [-0.3, -0.25) is 9.59 Å². The second-order valence-electron chi connectivity index (χ2n) is 6.90. The number of amides is 2. The number of aryl methyl sites for hydroxylation is 1. The van der Waals surface area contributed by atoms with Gasteiger partial charge in [0.2, 0.25) is 11.8 Å². The topological polar surface area (TPSA) is 49.4 Å². The first kappa shape index (κ1) is 17.3. The van der Waals surface area contributed by atoms with Gasteiger partial charge in [-0.1, -0.05) is 61.5 Å². The van der Waals surface area contributed by atoms with Crippen molar-refractivity contribution in [1.82, 2.24) is 0 Å². The van der Waals surface area contributed by atoms with E-state index in [1.54, 1.807) is 4.90 Å². The number of benzene rings is 3. The van der Waals surface area contributed by atoms with Crippen molar-refractivity contribution in [3.8, 4) is 0 Å². The van der Waals surface area contributed by atoms with Crippen LogP contribution in [0.1, 0.15) is 18.9 Å². The molecule has 0 spiro atoms. The van der Waals surface area contributed by atoms with Gasteiger partial charge in [0.1, 0.15) is 0 Å². The van der Waals surface area contributed by atoms with Crippen LogP contribution in [0.5, 0.6) is 0 Å². The molecule has 27 heavy (non-hydrogen) atoms. The number of rotatable bonds is 4. The molecule has 1 heterocycles. The molecule has 0 unspecified atom stereocenters. The summed E-state index contributed by atoms with van der Waals surface area (Å²) in [4.78, 5) is 27.2. The van der Waals surface area contributed by atoms with Crippen molar-refractivity contribution in [2.75, 3.05) is 16.8 Å². The van der Waals surface area contributed by atoms with Gasteiger partial charge in [0, 0.05) is 29.7 Å². The average molecular weight is 358 g/mol. The van der Waals surface area contributed by atoms with E-state index < -0.39 is 0 Å². The highest BCUT2D eigenvalue weighted by molar-refractivity contribution is 6.07. The summed E-state index contributed by atoms with van der Waals surface area (Å²) in [5.41, 5.74) is 2.84. The summed E-state index contributed by atoms with van der Waals surface area (Å²) in [6, 6.07) is 21.7. The summed E-state index contributed by atoms with van der Waals surface area (Å²) in [6.45, 7) is 2.50. The molecule has 1 aliphatic heterocycles. The smallest absolute Gasteiger partial charge is 0.229 e. The lowest BCUT2D eigenvalue weighted by Gasteiger charge is -2.20. The van der Waals surface area contributed by atoms with Crippen molar-refractivity contribution in [1.29, 1.82) is 0 Å². The molecular weight excluding hydrogens is 336 g/mol. The first-order chi connectivity index (χ1) is 13.2. The summed E-state index contributed by atoms with van der Waals surface area (Å²) < 4.78 is 0. The monoisotopic (exact) mass is 358 g/mol. The Bertz CT molecular complexity index is 1010. The van der Waals surface area contributed by atoms with Crippen molar-refractivity contribution in [2.45, 2.75) is 19.8 Å². The second kappa shape index (κ2) is 7.23. The van der Waals surface area contributed by atoms with Crippen LogP contribution in [0, 0.1) is 5.92 Å². The van der Waals surface area contributed by atoms with E-state index >= 15 is 0 Å². The lowest BCUT2D eigenvalue weighted by Crippen LogP contribution is -2.28. The fourth-order valence-corrected chi connectivity index (χ4v) is 3.76. The largest absolute Gasteiger partial charge is 0.325 e. The highest BCUT2D eigenvalue weighted by Gasteiger charge is 2.35. The third-order valence-electron chi connectivity index (χ3n) is 5.21. The fourth-order valence-electron chi connectivity index (χ4n) is 3.76. The molecule has 1 atom stereocenters. The van der Waals surface area contributed by atoms with Gasteiger partial charge in [-0.25, -0.2) is 0 Å². The molecule has 4 heteroatoms. The zero-order chi connectivity index (χ0) is 18.8. The Morgan fingerprint density at radius 1 is 1.04 bits per heavy atom. The Morgan fingerprint density at radius 2 is 1.78 bits per heavy atom. The minimum Gasteiger partial charge on any atom is -0.325 e. The molecule has 2 amide bonds. The number of fused-ring (bicyclic) bond motifs is 1. The van der Waals surface area contributed by atoms with E-state index in [1.165, 1.54) is 0 Å². The molecule has 1 N–H and O–H groups in total. The van der Waals surface area contributed by atoms with Gasteiger partial charge in [-0.15, -0.1) is 0 Å². The summed E-state index contributed by atoms with van der Waals surface area (Å²) in [7, 11) is 0. The summed E-state index contributed by atoms with van der Waals surface area (Å²) in [5.74, 6) is -0.438. The van der Waals surface area contributed by atoms with E-state index in [1.807, 2.05) is 66.7 Å². The van der Waals surface area contributed by atoms with Gasteiger partial charge < -0.3 is 10.2 Å². The van der Waals surface area contributed by atoms with Crippen molar-refractivity contribution in [3.05, 3.63) is 72.3 Å². The Kier molecular flexibility index (Phi) is 4.63. The molecule has 0 aromatic heterocycles. The minimum atomic E-state index is -0.346. The third-order valence-corrected chi connectivity index (χ3v) is 5.21. The van der Waals surface area contributed by atoms with Gasteiger partial charge in [0.05, 0.1) is 5.92 Å². The van der Waals surface area contributed by atoms with Crippen LogP contribution in [0.3, 0.4) is 0 Å². The molecule has 136 valence electrons. The van der Waals surface area contributed by atoms with Crippen molar-refractivity contribution in [2.24, 2.45) is 5.92 Å². The quantitative estimate of drug-likeness (QED) is 0.752. The number of anilines is 2. The second-order valence-corrected chi connectivity index (χ2v) is 6.90.